The smallest absolute Gasteiger partial charge is 0.315 e. The highest BCUT2D eigenvalue weighted by molar-refractivity contribution is 5.75. The minimum atomic E-state index is -0.944. The average Bonchev–Trinajstić information content (AvgIpc) is 2.47. The van der Waals surface area contributed by atoms with Crippen LogP contribution < -0.4 is 15.5 Å². The number of halogens is 1. The Morgan fingerprint density at radius 1 is 1.43 bits per heavy atom. The molecule has 23 heavy (non-hydrogen) atoms. The molecule has 2 rings (SSSR count). The van der Waals surface area contributed by atoms with Crippen molar-refractivity contribution in [2.24, 2.45) is 0 Å². The van der Waals surface area contributed by atoms with Gasteiger partial charge in [-0.1, -0.05) is 0 Å². The first kappa shape index (κ1) is 17.1. The molecule has 1 fully saturated rings. The fourth-order valence-corrected chi connectivity index (χ4v) is 2.81. The fraction of sp³-hybridized carbons (Fsp3) is 0.500. The zero-order valence-electron chi connectivity index (χ0n) is 13.1. The quantitative estimate of drug-likeness (QED) is 0.773. The van der Waals surface area contributed by atoms with Crippen molar-refractivity contribution >= 4 is 17.7 Å². The van der Waals surface area contributed by atoms with Gasteiger partial charge in [0.1, 0.15) is 5.82 Å². The van der Waals surface area contributed by atoms with E-state index in [9.17, 15) is 14.0 Å². The van der Waals surface area contributed by atoms with Crippen LogP contribution in [0.3, 0.4) is 0 Å². The van der Waals surface area contributed by atoms with Crippen LogP contribution in [0, 0.1) is 12.7 Å². The number of aliphatic carboxylic acids is 1. The van der Waals surface area contributed by atoms with Crippen molar-refractivity contribution in [3.8, 4) is 0 Å². The predicted molar refractivity (Wildman–Crippen MR) is 85.2 cm³/mol. The summed E-state index contributed by atoms with van der Waals surface area (Å²) in [5.41, 5.74) is 1.85. The number of hydrogen-bond acceptors (Lipinski definition) is 3. The van der Waals surface area contributed by atoms with Crippen LogP contribution in [0.25, 0.3) is 0 Å². The molecule has 126 valence electrons. The fourth-order valence-electron chi connectivity index (χ4n) is 2.81. The Morgan fingerprint density at radius 2 is 2.22 bits per heavy atom. The second-order valence-electron chi connectivity index (χ2n) is 5.76. The molecule has 0 radical (unpaired) electrons. The number of urea groups is 1. The Kier molecular flexibility index (Phi) is 5.78. The number of hydrogen-bond donors (Lipinski definition) is 3. The zero-order chi connectivity index (χ0) is 16.8. The Hall–Kier alpha value is -2.31. The molecule has 1 aromatic rings. The van der Waals surface area contributed by atoms with Crippen molar-refractivity contribution in [2.75, 3.05) is 24.5 Å². The van der Waals surface area contributed by atoms with Gasteiger partial charge in [-0.2, -0.15) is 0 Å². The van der Waals surface area contributed by atoms with Crippen LogP contribution in [-0.4, -0.2) is 42.8 Å². The van der Waals surface area contributed by atoms with Gasteiger partial charge in [0.25, 0.3) is 0 Å². The highest BCUT2D eigenvalue weighted by Gasteiger charge is 2.22. The summed E-state index contributed by atoms with van der Waals surface area (Å²) in [5.74, 6) is -1.20. The first-order valence-corrected chi connectivity index (χ1v) is 7.73. The first-order chi connectivity index (χ1) is 11.0. The van der Waals surface area contributed by atoms with Crippen molar-refractivity contribution in [3.05, 3.63) is 29.6 Å². The topological polar surface area (TPSA) is 81.7 Å². The normalized spacial score (nSPS) is 17.7. The first-order valence-electron chi connectivity index (χ1n) is 7.73. The van der Waals surface area contributed by atoms with Gasteiger partial charge in [0.2, 0.25) is 0 Å². The number of nitrogens with zero attached hydrogens (tertiary/aromatic N) is 1. The zero-order valence-corrected chi connectivity index (χ0v) is 13.1. The van der Waals surface area contributed by atoms with Gasteiger partial charge in [0, 0.05) is 31.4 Å². The molecule has 1 heterocycles. The minimum Gasteiger partial charge on any atom is -0.481 e. The van der Waals surface area contributed by atoms with Crippen molar-refractivity contribution in [1.82, 2.24) is 10.6 Å². The van der Waals surface area contributed by atoms with Gasteiger partial charge in [0.15, 0.2) is 0 Å². The molecule has 6 nitrogen and oxygen atoms in total. The minimum absolute atomic E-state index is 0.0157. The number of amides is 2. The summed E-state index contributed by atoms with van der Waals surface area (Å²) < 4.78 is 13.2. The third-order valence-electron chi connectivity index (χ3n) is 3.88. The SMILES string of the molecule is Cc1cc(F)ccc1N1CCCC(NC(=O)NCCC(=O)O)C1. The molecule has 0 saturated carbocycles. The van der Waals surface area contributed by atoms with E-state index in [0.29, 0.717) is 6.54 Å². The van der Waals surface area contributed by atoms with E-state index in [1.54, 1.807) is 6.07 Å². The summed E-state index contributed by atoms with van der Waals surface area (Å²) in [6.45, 7) is 3.49. The maximum Gasteiger partial charge on any atom is 0.315 e. The van der Waals surface area contributed by atoms with Crippen molar-refractivity contribution in [3.63, 3.8) is 0 Å². The van der Waals surface area contributed by atoms with Gasteiger partial charge in [-0.25, -0.2) is 9.18 Å². The summed E-state index contributed by atoms with van der Waals surface area (Å²) in [5, 5.41) is 13.9. The van der Waals surface area contributed by atoms with Crippen molar-refractivity contribution in [1.29, 1.82) is 0 Å². The Balaban J connectivity index is 1.88. The highest BCUT2D eigenvalue weighted by atomic mass is 19.1. The number of carbonyl (C=O) groups excluding carboxylic acids is 1. The van der Waals surface area contributed by atoms with E-state index in [0.717, 1.165) is 30.6 Å². The highest BCUT2D eigenvalue weighted by Crippen LogP contribution is 2.24. The van der Waals surface area contributed by atoms with Gasteiger partial charge in [0.05, 0.1) is 6.42 Å². The maximum atomic E-state index is 13.2. The second kappa shape index (κ2) is 7.80. The van der Waals surface area contributed by atoms with Crippen LogP contribution in [-0.2, 0) is 4.79 Å². The Labute approximate surface area is 134 Å². The second-order valence-corrected chi connectivity index (χ2v) is 5.76. The number of carboxylic acid groups (broad SMARTS) is 1. The molecule has 1 atom stereocenters. The third kappa shape index (κ3) is 5.12. The molecular weight excluding hydrogens is 301 g/mol. The molecule has 0 bridgehead atoms. The molecule has 0 spiro atoms. The van der Waals surface area contributed by atoms with Crippen LogP contribution in [0.2, 0.25) is 0 Å². The van der Waals surface area contributed by atoms with E-state index >= 15 is 0 Å². The third-order valence-corrected chi connectivity index (χ3v) is 3.88. The Morgan fingerprint density at radius 3 is 2.91 bits per heavy atom. The van der Waals surface area contributed by atoms with Gasteiger partial charge in [-0.05, 0) is 43.5 Å². The molecule has 7 heteroatoms. The number of aryl methyl sites for hydroxylation is 1. The van der Waals surface area contributed by atoms with Crippen LogP contribution in [0.15, 0.2) is 18.2 Å². The van der Waals surface area contributed by atoms with Crippen LogP contribution >= 0.6 is 0 Å². The monoisotopic (exact) mass is 323 g/mol. The summed E-state index contributed by atoms with van der Waals surface area (Å²) >= 11 is 0. The molecule has 1 unspecified atom stereocenters. The summed E-state index contributed by atoms with van der Waals surface area (Å²) in [7, 11) is 0. The van der Waals surface area contributed by atoms with Crippen LogP contribution in [0.5, 0.6) is 0 Å². The van der Waals surface area contributed by atoms with E-state index in [4.69, 9.17) is 5.11 Å². The summed E-state index contributed by atoms with van der Waals surface area (Å²) in [6, 6.07) is 4.34. The van der Waals surface area contributed by atoms with Gasteiger partial charge >= 0.3 is 12.0 Å². The number of rotatable bonds is 5. The molecular formula is C16H22FN3O3. The molecule has 1 aliphatic heterocycles. The number of nitrogens with one attached hydrogen (secondary N) is 2. The molecule has 1 saturated heterocycles. The average molecular weight is 323 g/mol. The van der Waals surface area contributed by atoms with Crippen LogP contribution in [0.4, 0.5) is 14.9 Å². The van der Waals surface area contributed by atoms with Gasteiger partial charge in [-0.15, -0.1) is 0 Å². The van der Waals surface area contributed by atoms with Gasteiger partial charge in [-0.3, -0.25) is 4.79 Å². The number of benzene rings is 1. The molecule has 0 aromatic heterocycles. The lowest BCUT2D eigenvalue weighted by Gasteiger charge is -2.35. The molecule has 1 aromatic carbocycles. The van der Waals surface area contributed by atoms with Crippen LogP contribution in [0.1, 0.15) is 24.8 Å². The van der Waals surface area contributed by atoms with E-state index in [2.05, 4.69) is 15.5 Å². The molecule has 3 N–H and O–H groups in total. The number of carboxylic acids is 1. The van der Waals surface area contributed by atoms with Crippen molar-refractivity contribution < 1.29 is 19.1 Å². The van der Waals surface area contributed by atoms with E-state index < -0.39 is 5.97 Å². The molecule has 0 aliphatic carbocycles. The summed E-state index contributed by atoms with van der Waals surface area (Å²) in [6.07, 6.45) is 1.69. The lowest BCUT2D eigenvalue weighted by Crippen LogP contribution is -2.51. The van der Waals surface area contributed by atoms with Crippen molar-refractivity contribution in [2.45, 2.75) is 32.2 Å². The van der Waals surface area contributed by atoms with E-state index in [1.165, 1.54) is 12.1 Å². The van der Waals surface area contributed by atoms with E-state index in [-0.39, 0.29) is 30.9 Å². The Bertz CT molecular complexity index is 580. The largest absolute Gasteiger partial charge is 0.481 e. The summed E-state index contributed by atoms with van der Waals surface area (Å²) in [4.78, 5) is 24.3. The lowest BCUT2D eigenvalue weighted by molar-refractivity contribution is -0.136. The number of carbonyl (C=O) groups is 2. The standard InChI is InChI=1S/C16H22FN3O3/c1-11-9-12(17)4-5-14(11)20-8-2-3-13(10-20)19-16(23)18-7-6-15(21)22/h4-5,9,13H,2-3,6-8,10H2,1H3,(H,21,22)(H2,18,19,23). The van der Waals surface area contributed by atoms with E-state index in [1.807, 2.05) is 6.92 Å². The molecule has 1 aliphatic rings. The maximum absolute atomic E-state index is 13.2. The molecule has 2 amide bonds. The lowest BCUT2D eigenvalue weighted by atomic mass is 10.0. The predicted octanol–water partition coefficient (Wildman–Crippen LogP) is 1.88. The number of piperidine rings is 1. The van der Waals surface area contributed by atoms with Gasteiger partial charge < -0.3 is 20.6 Å². The number of anilines is 1.